The van der Waals surface area contributed by atoms with Gasteiger partial charge in [0.1, 0.15) is 6.10 Å². The third kappa shape index (κ3) is 3.92. The van der Waals surface area contributed by atoms with Gasteiger partial charge in [0.2, 0.25) is 0 Å². The van der Waals surface area contributed by atoms with E-state index in [2.05, 4.69) is 24.8 Å². The first-order valence-electron chi connectivity index (χ1n) is 7.91. The first-order chi connectivity index (χ1) is 10.8. The van der Waals surface area contributed by atoms with Crippen molar-refractivity contribution < 1.29 is 9.53 Å². The molecule has 2 rings (SSSR count). The second-order valence-electron chi connectivity index (χ2n) is 6.66. The third-order valence-corrected chi connectivity index (χ3v) is 3.88. The molecule has 2 aromatic rings. The first-order valence-corrected chi connectivity index (χ1v) is 7.91. The highest BCUT2D eigenvalue weighted by molar-refractivity contribution is 5.86. The normalized spacial score (nSPS) is 12.7. The van der Waals surface area contributed by atoms with E-state index in [0.717, 1.165) is 16.3 Å². The van der Waals surface area contributed by atoms with Crippen LogP contribution in [0.1, 0.15) is 39.4 Å². The van der Waals surface area contributed by atoms with Gasteiger partial charge in [-0.2, -0.15) is 0 Å². The number of amides is 1. The summed E-state index contributed by atoms with van der Waals surface area (Å²) in [4.78, 5) is 14.2. The Morgan fingerprint density at radius 3 is 2.52 bits per heavy atom. The zero-order chi connectivity index (χ0) is 17.0. The zero-order valence-electron chi connectivity index (χ0n) is 14.4. The lowest BCUT2D eigenvalue weighted by Gasteiger charge is -2.34. The van der Waals surface area contributed by atoms with Crippen LogP contribution in [0.5, 0.6) is 0 Å². The van der Waals surface area contributed by atoms with E-state index in [1.807, 2.05) is 52.0 Å². The average Bonchev–Trinajstić information content (AvgIpc) is 2.50. The van der Waals surface area contributed by atoms with Crippen LogP contribution >= 0.6 is 0 Å². The minimum absolute atomic E-state index is 0.316. The number of carbonyl (C=O) groups excluding carboxylic acids is 1. The van der Waals surface area contributed by atoms with Crippen LogP contribution in [0.2, 0.25) is 0 Å². The average molecular weight is 311 g/mol. The molecule has 0 radical (unpaired) electrons. The van der Waals surface area contributed by atoms with E-state index < -0.39 is 0 Å². The van der Waals surface area contributed by atoms with Crippen molar-refractivity contribution in [2.45, 2.75) is 39.3 Å². The molecule has 0 fully saturated rings. The van der Waals surface area contributed by atoms with Crippen LogP contribution in [-0.2, 0) is 4.74 Å². The first kappa shape index (κ1) is 17.1. The predicted octanol–water partition coefficient (Wildman–Crippen LogP) is 5.32. The second kappa shape index (κ2) is 6.86. The highest BCUT2D eigenvalue weighted by Gasteiger charge is 2.28. The molecule has 0 heterocycles. The molecular formula is C20H25NO2. The fraction of sp³-hybridized carbons (Fsp3) is 0.350. The number of benzene rings is 2. The fourth-order valence-corrected chi connectivity index (χ4v) is 2.63. The SMILES string of the molecule is C=CCN(C(=O)OC(C)c1cccc2ccccc12)C(C)(C)C. The van der Waals surface area contributed by atoms with Crippen LogP contribution < -0.4 is 0 Å². The van der Waals surface area contributed by atoms with Crippen molar-refractivity contribution in [1.82, 2.24) is 4.90 Å². The summed E-state index contributed by atoms with van der Waals surface area (Å²) in [6, 6.07) is 14.2. The molecule has 1 unspecified atom stereocenters. The molecule has 0 aromatic heterocycles. The Morgan fingerprint density at radius 1 is 1.22 bits per heavy atom. The summed E-state index contributed by atoms with van der Waals surface area (Å²) in [6.45, 7) is 12.1. The van der Waals surface area contributed by atoms with Gasteiger partial charge in [0, 0.05) is 17.6 Å². The van der Waals surface area contributed by atoms with Crippen molar-refractivity contribution in [3.05, 3.63) is 60.7 Å². The minimum Gasteiger partial charge on any atom is -0.441 e. The van der Waals surface area contributed by atoms with Crippen LogP contribution in [0, 0.1) is 0 Å². The van der Waals surface area contributed by atoms with Gasteiger partial charge in [-0.15, -0.1) is 6.58 Å². The van der Waals surface area contributed by atoms with Crippen LogP contribution in [0.4, 0.5) is 4.79 Å². The summed E-state index contributed by atoms with van der Waals surface area (Å²) in [5.41, 5.74) is 0.702. The van der Waals surface area contributed by atoms with E-state index in [1.54, 1.807) is 11.0 Å². The van der Waals surface area contributed by atoms with Gasteiger partial charge in [-0.1, -0.05) is 48.5 Å². The van der Waals surface area contributed by atoms with Crippen molar-refractivity contribution in [1.29, 1.82) is 0 Å². The van der Waals surface area contributed by atoms with Crippen LogP contribution in [0.15, 0.2) is 55.1 Å². The lowest BCUT2D eigenvalue weighted by Crippen LogP contribution is -2.46. The maximum absolute atomic E-state index is 12.6. The van der Waals surface area contributed by atoms with Crippen molar-refractivity contribution in [2.75, 3.05) is 6.54 Å². The van der Waals surface area contributed by atoms with Gasteiger partial charge in [0.05, 0.1) is 0 Å². The molecule has 122 valence electrons. The monoisotopic (exact) mass is 311 g/mol. The molecule has 0 saturated heterocycles. The smallest absolute Gasteiger partial charge is 0.411 e. The molecule has 2 aromatic carbocycles. The van der Waals surface area contributed by atoms with Gasteiger partial charge >= 0.3 is 6.09 Å². The molecule has 0 aliphatic carbocycles. The molecule has 0 bridgehead atoms. The topological polar surface area (TPSA) is 29.5 Å². The molecule has 0 aliphatic rings. The van der Waals surface area contributed by atoms with E-state index in [0.29, 0.717) is 6.54 Å². The molecule has 0 aliphatic heterocycles. The standard InChI is InChI=1S/C20H25NO2/c1-6-14-21(20(3,4)5)19(22)23-15(2)17-13-9-11-16-10-7-8-12-18(16)17/h6-13,15H,1,14H2,2-5H3. The Morgan fingerprint density at radius 2 is 1.87 bits per heavy atom. The summed E-state index contributed by atoms with van der Waals surface area (Å²) >= 11 is 0. The van der Waals surface area contributed by atoms with Crippen LogP contribution in [0.3, 0.4) is 0 Å². The van der Waals surface area contributed by atoms with E-state index in [9.17, 15) is 4.79 Å². The number of ether oxygens (including phenoxy) is 1. The number of rotatable bonds is 4. The molecule has 3 nitrogen and oxygen atoms in total. The van der Waals surface area contributed by atoms with Crippen LogP contribution in [-0.4, -0.2) is 23.1 Å². The third-order valence-electron chi connectivity index (χ3n) is 3.88. The highest BCUT2D eigenvalue weighted by atomic mass is 16.6. The second-order valence-corrected chi connectivity index (χ2v) is 6.66. The Balaban J connectivity index is 2.24. The quantitative estimate of drug-likeness (QED) is 0.715. The minimum atomic E-state index is -0.321. The van der Waals surface area contributed by atoms with Crippen molar-refractivity contribution in [2.24, 2.45) is 0 Å². The zero-order valence-corrected chi connectivity index (χ0v) is 14.4. The highest BCUT2D eigenvalue weighted by Crippen LogP contribution is 2.27. The number of nitrogens with zero attached hydrogens (tertiary/aromatic N) is 1. The van der Waals surface area contributed by atoms with Gasteiger partial charge in [0.15, 0.2) is 0 Å². The summed E-state index contributed by atoms with van der Waals surface area (Å²) in [6.07, 6.45) is 1.08. The van der Waals surface area contributed by atoms with Gasteiger partial charge in [0.25, 0.3) is 0 Å². The molecule has 1 atom stereocenters. The Hall–Kier alpha value is -2.29. The number of hydrogen-bond acceptors (Lipinski definition) is 2. The molecular weight excluding hydrogens is 286 g/mol. The Kier molecular flexibility index (Phi) is 5.09. The van der Waals surface area contributed by atoms with Crippen molar-refractivity contribution in [3.63, 3.8) is 0 Å². The molecule has 3 heteroatoms. The summed E-state index contributed by atoms with van der Waals surface area (Å²) in [7, 11) is 0. The van der Waals surface area contributed by atoms with Crippen molar-refractivity contribution >= 4 is 16.9 Å². The van der Waals surface area contributed by atoms with Gasteiger partial charge < -0.3 is 4.74 Å². The lowest BCUT2D eigenvalue weighted by molar-refractivity contribution is 0.0476. The summed E-state index contributed by atoms with van der Waals surface area (Å²) in [5.74, 6) is 0. The summed E-state index contributed by atoms with van der Waals surface area (Å²) < 4.78 is 5.72. The van der Waals surface area contributed by atoms with E-state index >= 15 is 0 Å². The van der Waals surface area contributed by atoms with Gasteiger partial charge in [-0.3, -0.25) is 4.90 Å². The largest absolute Gasteiger partial charge is 0.441 e. The van der Waals surface area contributed by atoms with E-state index in [-0.39, 0.29) is 17.7 Å². The lowest BCUT2D eigenvalue weighted by atomic mass is 10.0. The molecule has 0 N–H and O–H groups in total. The Labute approximate surface area is 138 Å². The molecule has 0 saturated carbocycles. The number of hydrogen-bond donors (Lipinski definition) is 0. The van der Waals surface area contributed by atoms with E-state index in [4.69, 9.17) is 4.74 Å². The van der Waals surface area contributed by atoms with Crippen LogP contribution in [0.25, 0.3) is 10.8 Å². The van der Waals surface area contributed by atoms with Gasteiger partial charge in [-0.05, 0) is 38.5 Å². The number of fused-ring (bicyclic) bond motifs is 1. The number of carbonyl (C=O) groups is 1. The maximum Gasteiger partial charge on any atom is 0.411 e. The Bertz CT molecular complexity index is 695. The van der Waals surface area contributed by atoms with Crippen molar-refractivity contribution in [3.8, 4) is 0 Å². The maximum atomic E-state index is 12.6. The molecule has 23 heavy (non-hydrogen) atoms. The molecule has 1 amide bonds. The fourth-order valence-electron chi connectivity index (χ4n) is 2.63. The van der Waals surface area contributed by atoms with E-state index in [1.165, 1.54) is 0 Å². The predicted molar refractivity (Wildman–Crippen MR) is 95.5 cm³/mol. The summed E-state index contributed by atoms with van der Waals surface area (Å²) in [5, 5.41) is 2.26. The molecule has 0 spiro atoms. The van der Waals surface area contributed by atoms with Gasteiger partial charge in [-0.25, -0.2) is 4.79 Å².